The van der Waals surface area contributed by atoms with E-state index in [1.54, 1.807) is 0 Å². The summed E-state index contributed by atoms with van der Waals surface area (Å²) in [4.78, 5) is 2.76. The summed E-state index contributed by atoms with van der Waals surface area (Å²) in [5.74, 6) is 0.934. The highest BCUT2D eigenvalue weighted by molar-refractivity contribution is 4.90. The van der Waals surface area contributed by atoms with Crippen LogP contribution in [-0.4, -0.2) is 37.1 Å². The van der Waals surface area contributed by atoms with Crippen LogP contribution in [0.25, 0.3) is 0 Å². The highest BCUT2D eigenvalue weighted by Gasteiger charge is 2.34. The molecule has 1 N–H and O–H groups in total. The zero-order chi connectivity index (χ0) is 12.3. The molecule has 2 heteroatoms. The molecule has 2 heterocycles. The van der Waals surface area contributed by atoms with E-state index in [1.807, 2.05) is 0 Å². The van der Waals surface area contributed by atoms with Gasteiger partial charge in [0.15, 0.2) is 0 Å². The van der Waals surface area contributed by atoms with E-state index in [0.29, 0.717) is 5.41 Å². The summed E-state index contributed by atoms with van der Waals surface area (Å²) >= 11 is 0. The molecule has 0 aliphatic carbocycles. The SMILES string of the molecule is CCC1(CN2CCC(C)CC2C)CCCNC1. The van der Waals surface area contributed by atoms with E-state index in [4.69, 9.17) is 0 Å². The predicted octanol–water partition coefficient (Wildman–Crippen LogP) is 2.89. The molecule has 17 heavy (non-hydrogen) atoms. The van der Waals surface area contributed by atoms with Gasteiger partial charge in [-0.2, -0.15) is 0 Å². The fraction of sp³-hybridized carbons (Fsp3) is 1.00. The van der Waals surface area contributed by atoms with Crippen LogP contribution in [0.1, 0.15) is 52.9 Å². The minimum atomic E-state index is 0.563. The molecular formula is C15H30N2. The minimum absolute atomic E-state index is 0.563. The quantitative estimate of drug-likeness (QED) is 0.813. The average molecular weight is 238 g/mol. The number of likely N-dealkylation sites (tertiary alicyclic amines) is 1. The molecule has 3 unspecified atom stereocenters. The predicted molar refractivity (Wildman–Crippen MR) is 74.3 cm³/mol. The van der Waals surface area contributed by atoms with Crippen molar-refractivity contribution in [3.8, 4) is 0 Å². The van der Waals surface area contributed by atoms with Crippen molar-refractivity contribution in [3.05, 3.63) is 0 Å². The summed E-state index contributed by atoms with van der Waals surface area (Å²) in [6, 6.07) is 0.795. The maximum atomic E-state index is 3.61. The van der Waals surface area contributed by atoms with Crippen molar-refractivity contribution >= 4 is 0 Å². The highest BCUT2D eigenvalue weighted by atomic mass is 15.2. The summed E-state index contributed by atoms with van der Waals surface area (Å²) in [6.45, 7) is 12.3. The lowest BCUT2D eigenvalue weighted by molar-refractivity contribution is 0.0534. The Bertz CT molecular complexity index is 233. The van der Waals surface area contributed by atoms with Crippen molar-refractivity contribution in [2.45, 2.75) is 58.9 Å². The van der Waals surface area contributed by atoms with Crippen molar-refractivity contribution in [1.82, 2.24) is 10.2 Å². The molecular weight excluding hydrogens is 208 g/mol. The van der Waals surface area contributed by atoms with Crippen LogP contribution in [-0.2, 0) is 0 Å². The first kappa shape index (κ1) is 13.4. The smallest absolute Gasteiger partial charge is 0.00697 e. The van der Waals surface area contributed by atoms with Crippen LogP contribution in [0.3, 0.4) is 0 Å². The van der Waals surface area contributed by atoms with Crippen LogP contribution in [0.2, 0.25) is 0 Å². The van der Waals surface area contributed by atoms with Gasteiger partial charge in [0.1, 0.15) is 0 Å². The first-order valence-corrected chi connectivity index (χ1v) is 7.60. The fourth-order valence-electron chi connectivity index (χ4n) is 3.70. The Morgan fingerprint density at radius 1 is 1.35 bits per heavy atom. The van der Waals surface area contributed by atoms with E-state index < -0.39 is 0 Å². The Morgan fingerprint density at radius 2 is 2.18 bits per heavy atom. The second kappa shape index (κ2) is 5.71. The fourth-order valence-corrected chi connectivity index (χ4v) is 3.70. The van der Waals surface area contributed by atoms with Gasteiger partial charge >= 0.3 is 0 Å². The zero-order valence-corrected chi connectivity index (χ0v) is 12.0. The number of nitrogens with one attached hydrogen (secondary N) is 1. The summed E-state index contributed by atoms with van der Waals surface area (Å²) in [5.41, 5.74) is 0.563. The number of hydrogen-bond donors (Lipinski definition) is 1. The molecule has 0 aromatic carbocycles. The maximum Gasteiger partial charge on any atom is 0.00697 e. The summed E-state index contributed by atoms with van der Waals surface area (Å²) in [5, 5.41) is 3.61. The molecule has 2 rings (SSSR count). The van der Waals surface area contributed by atoms with Crippen molar-refractivity contribution in [2.75, 3.05) is 26.2 Å². The Hall–Kier alpha value is -0.0800. The first-order valence-electron chi connectivity index (χ1n) is 7.60. The van der Waals surface area contributed by atoms with Gasteiger partial charge in [0, 0.05) is 19.1 Å². The Kier molecular flexibility index (Phi) is 4.48. The van der Waals surface area contributed by atoms with Gasteiger partial charge in [0.05, 0.1) is 0 Å². The summed E-state index contributed by atoms with van der Waals surface area (Å²) in [6.07, 6.45) is 6.92. The molecule has 0 bridgehead atoms. The van der Waals surface area contributed by atoms with Gasteiger partial charge in [-0.3, -0.25) is 0 Å². The number of hydrogen-bond acceptors (Lipinski definition) is 2. The van der Waals surface area contributed by atoms with Crippen LogP contribution in [0.4, 0.5) is 0 Å². The van der Waals surface area contributed by atoms with Crippen LogP contribution in [0.5, 0.6) is 0 Å². The van der Waals surface area contributed by atoms with Gasteiger partial charge in [0.25, 0.3) is 0 Å². The number of rotatable bonds is 3. The third-order valence-corrected chi connectivity index (χ3v) is 5.13. The molecule has 0 aromatic heterocycles. The molecule has 0 amide bonds. The van der Waals surface area contributed by atoms with Crippen molar-refractivity contribution in [1.29, 1.82) is 0 Å². The van der Waals surface area contributed by atoms with Crippen LogP contribution in [0.15, 0.2) is 0 Å². The van der Waals surface area contributed by atoms with E-state index in [1.165, 1.54) is 58.3 Å². The monoisotopic (exact) mass is 238 g/mol. The third-order valence-electron chi connectivity index (χ3n) is 5.13. The van der Waals surface area contributed by atoms with Gasteiger partial charge in [-0.25, -0.2) is 0 Å². The zero-order valence-electron chi connectivity index (χ0n) is 12.0. The topological polar surface area (TPSA) is 15.3 Å². The van der Waals surface area contributed by atoms with Crippen molar-refractivity contribution in [2.24, 2.45) is 11.3 Å². The highest BCUT2D eigenvalue weighted by Crippen LogP contribution is 2.33. The second-order valence-corrected chi connectivity index (χ2v) is 6.58. The van der Waals surface area contributed by atoms with E-state index in [-0.39, 0.29) is 0 Å². The van der Waals surface area contributed by atoms with Gasteiger partial charge in [-0.15, -0.1) is 0 Å². The Labute approximate surface area is 107 Å². The van der Waals surface area contributed by atoms with Crippen LogP contribution in [0, 0.1) is 11.3 Å². The lowest BCUT2D eigenvalue weighted by Gasteiger charge is -2.45. The molecule has 2 fully saturated rings. The molecule has 100 valence electrons. The van der Waals surface area contributed by atoms with E-state index in [2.05, 4.69) is 31.0 Å². The Balaban J connectivity index is 1.93. The van der Waals surface area contributed by atoms with E-state index in [0.717, 1.165) is 12.0 Å². The molecule has 2 nitrogen and oxygen atoms in total. The molecule has 0 saturated carbocycles. The Morgan fingerprint density at radius 3 is 2.76 bits per heavy atom. The van der Waals surface area contributed by atoms with E-state index >= 15 is 0 Å². The molecule has 2 aliphatic heterocycles. The maximum absolute atomic E-state index is 3.61. The third kappa shape index (κ3) is 3.23. The standard InChI is InChI=1S/C15H30N2/c1-4-15(7-5-8-16-11-15)12-17-9-6-13(2)10-14(17)3/h13-14,16H,4-12H2,1-3H3. The molecule has 2 aliphatic rings. The van der Waals surface area contributed by atoms with Gasteiger partial charge in [-0.1, -0.05) is 13.8 Å². The van der Waals surface area contributed by atoms with Gasteiger partial charge in [-0.05, 0) is 63.5 Å². The number of nitrogens with zero attached hydrogens (tertiary/aromatic N) is 1. The molecule has 2 saturated heterocycles. The largest absolute Gasteiger partial charge is 0.316 e. The first-order chi connectivity index (χ1) is 8.15. The van der Waals surface area contributed by atoms with Gasteiger partial charge < -0.3 is 10.2 Å². The lowest BCUT2D eigenvalue weighted by Crippen LogP contribution is -2.51. The molecule has 3 atom stereocenters. The average Bonchev–Trinajstić information content (AvgIpc) is 2.34. The summed E-state index contributed by atoms with van der Waals surface area (Å²) in [7, 11) is 0. The molecule has 0 spiro atoms. The molecule has 0 aromatic rings. The minimum Gasteiger partial charge on any atom is -0.316 e. The van der Waals surface area contributed by atoms with Gasteiger partial charge in [0.2, 0.25) is 0 Å². The van der Waals surface area contributed by atoms with Crippen LogP contribution >= 0.6 is 0 Å². The second-order valence-electron chi connectivity index (χ2n) is 6.58. The lowest BCUT2D eigenvalue weighted by atomic mass is 9.77. The van der Waals surface area contributed by atoms with E-state index in [9.17, 15) is 0 Å². The number of piperidine rings is 2. The van der Waals surface area contributed by atoms with Crippen molar-refractivity contribution < 1.29 is 0 Å². The molecule has 0 radical (unpaired) electrons. The normalized spacial score (nSPS) is 40.4. The summed E-state index contributed by atoms with van der Waals surface area (Å²) < 4.78 is 0. The van der Waals surface area contributed by atoms with Crippen LogP contribution < -0.4 is 5.32 Å². The van der Waals surface area contributed by atoms with Crippen molar-refractivity contribution in [3.63, 3.8) is 0 Å².